The highest BCUT2D eigenvalue weighted by molar-refractivity contribution is 8.00. The van der Waals surface area contributed by atoms with Gasteiger partial charge >= 0.3 is 6.03 Å². The summed E-state index contributed by atoms with van der Waals surface area (Å²) in [5, 5.41) is 6.43. The van der Waals surface area contributed by atoms with Crippen LogP contribution in [0.3, 0.4) is 0 Å². The SMILES string of the molecule is CC.CC(=O)CCCCC1SCC2NC(=O)N[C@@H]21. The molecule has 0 spiro atoms. The Bertz CT molecular complexity index is 297. The summed E-state index contributed by atoms with van der Waals surface area (Å²) in [6.45, 7) is 5.64. The van der Waals surface area contributed by atoms with Crippen LogP contribution in [0, 0.1) is 0 Å². The summed E-state index contributed by atoms with van der Waals surface area (Å²) in [5.74, 6) is 1.29. The number of ketones is 1. The van der Waals surface area contributed by atoms with Crippen molar-refractivity contribution >= 4 is 23.6 Å². The zero-order chi connectivity index (χ0) is 13.5. The van der Waals surface area contributed by atoms with E-state index in [0.717, 1.165) is 25.0 Å². The van der Waals surface area contributed by atoms with Gasteiger partial charge in [0.25, 0.3) is 0 Å². The van der Waals surface area contributed by atoms with Crippen molar-refractivity contribution in [1.29, 1.82) is 0 Å². The molecule has 2 rings (SSSR count). The molecule has 104 valence electrons. The van der Waals surface area contributed by atoms with Crippen LogP contribution in [0.5, 0.6) is 0 Å². The molecule has 4 nitrogen and oxygen atoms in total. The maximum Gasteiger partial charge on any atom is 0.315 e. The van der Waals surface area contributed by atoms with E-state index in [0.29, 0.717) is 23.8 Å². The third kappa shape index (κ3) is 4.19. The van der Waals surface area contributed by atoms with E-state index >= 15 is 0 Å². The second kappa shape index (κ2) is 7.67. The molecule has 0 aliphatic carbocycles. The van der Waals surface area contributed by atoms with Gasteiger partial charge in [-0.3, -0.25) is 0 Å². The lowest BCUT2D eigenvalue weighted by Crippen LogP contribution is -2.36. The summed E-state index contributed by atoms with van der Waals surface area (Å²) >= 11 is 1.93. The Kier molecular flexibility index (Phi) is 6.54. The molecule has 2 amide bonds. The summed E-state index contributed by atoms with van der Waals surface area (Å²) in [4.78, 5) is 21.9. The molecule has 5 heteroatoms. The zero-order valence-electron chi connectivity index (χ0n) is 11.5. The molecule has 0 aromatic carbocycles. The van der Waals surface area contributed by atoms with Gasteiger partial charge in [-0.05, 0) is 19.8 Å². The van der Waals surface area contributed by atoms with E-state index in [1.165, 1.54) is 0 Å². The third-order valence-electron chi connectivity index (χ3n) is 3.21. The predicted molar refractivity (Wildman–Crippen MR) is 76.0 cm³/mol. The van der Waals surface area contributed by atoms with Crippen molar-refractivity contribution in [3.05, 3.63) is 0 Å². The topological polar surface area (TPSA) is 58.2 Å². The van der Waals surface area contributed by atoms with Crippen LogP contribution in [-0.4, -0.2) is 34.9 Å². The highest BCUT2D eigenvalue weighted by Gasteiger charge is 2.42. The molecule has 2 heterocycles. The Balaban J connectivity index is 0.000000771. The van der Waals surface area contributed by atoms with Crippen LogP contribution in [0.4, 0.5) is 4.79 Å². The molecule has 3 atom stereocenters. The van der Waals surface area contributed by atoms with Crippen LogP contribution in [0.1, 0.15) is 46.5 Å². The van der Waals surface area contributed by atoms with E-state index in [9.17, 15) is 9.59 Å². The van der Waals surface area contributed by atoms with Gasteiger partial charge in [-0.2, -0.15) is 11.8 Å². The molecule has 18 heavy (non-hydrogen) atoms. The number of amides is 2. The predicted octanol–water partition coefficient (Wildman–Crippen LogP) is 2.33. The van der Waals surface area contributed by atoms with E-state index in [1.807, 2.05) is 25.6 Å². The molecule has 0 radical (unpaired) electrons. The lowest BCUT2D eigenvalue weighted by molar-refractivity contribution is -0.117. The fourth-order valence-corrected chi connectivity index (χ4v) is 3.91. The maximum atomic E-state index is 11.1. The van der Waals surface area contributed by atoms with Crippen molar-refractivity contribution in [2.75, 3.05) is 5.75 Å². The molecule has 2 unspecified atom stereocenters. The summed E-state index contributed by atoms with van der Waals surface area (Å²) in [6.07, 6.45) is 3.85. The van der Waals surface area contributed by atoms with Gasteiger partial charge in [-0.25, -0.2) is 4.79 Å². The number of unbranched alkanes of at least 4 members (excludes halogenated alkanes) is 1. The van der Waals surface area contributed by atoms with Gasteiger partial charge in [0.1, 0.15) is 5.78 Å². The van der Waals surface area contributed by atoms with E-state index in [4.69, 9.17) is 0 Å². The van der Waals surface area contributed by atoms with Gasteiger partial charge in [0, 0.05) is 17.4 Å². The van der Waals surface area contributed by atoms with Gasteiger partial charge in [0.15, 0.2) is 0 Å². The van der Waals surface area contributed by atoms with Gasteiger partial charge in [-0.1, -0.05) is 20.3 Å². The molecule has 2 N–H and O–H groups in total. The van der Waals surface area contributed by atoms with Crippen molar-refractivity contribution < 1.29 is 9.59 Å². The minimum Gasteiger partial charge on any atom is -0.332 e. The van der Waals surface area contributed by atoms with Crippen molar-refractivity contribution in [1.82, 2.24) is 10.6 Å². The molecule has 0 bridgehead atoms. The van der Waals surface area contributed by atoms with Crippen LogP contribution in [0.25, 0.3) is 0 Å². The summed E-state index contributed by atoms with van der Waals surface area (Å²) in [6, 6.07) is 0.592. The molecule has 0 aromatic rings. The molecular formula is C13H24N2O2S. The van der Waals surface area contributed by atoms with E-state index in [-0.39, 0.29) is 11.8 Å². The van der Waals surface area contributed by atoms with Gasteiger partial charge in [-0.15, -0.1) is 0 Å². The van der Waals surface area contributed by atoms with E-state index in [1.54, 1.807) is 6.92 Å². The number of fused-ring (bicyclic) bond motifs is 1. The van der Waals surface area contributed by atoms with Crippen molar-refractivity contribution in [2.45, 2.75) is 63.8 Å². The number of nitrogens with one attached hydrogen (secondary N) is 2. The molecule has 0 aromatic heterocycles. The Labute approximate surface area is 114 Å². The Morgan fingerprint density at radius 2 is 2.06 bits per heavy atom. The number of hydrogen-bond acceptors (Lipinski definition) is 3. The van der Waals surface area contributed by atoms with Crippen LogP contribution < -0.4 is 10.6 Å². The van der Waals surface area contributed by atoms with Gasteiger partial charge in [0.05, 0.1) is 12.1 Å². The number of Topliss-reactive ketones (excluding diaryl/α,β-unsaturated/α-hetero) is 1. The first kappa shape index (κ1) is 15.3. The third-order valence-corrected chi connectivity index (χ3v) is 4.71. The minimum absolute atomic E-state index is 0.0240. The molecule has 0 saturated carbocycles. The molecule has 2 aliphatic heterocycles. The molecule has 2 fully saturated rings. The van der Waals surface area contributed by atoms with Crippen molar-refractivity contribution in [3.8, 4) is 0 Å². The highest BCUT2D eigenvalue weighted by atomic mass is 32.2. The normalized spacial score (nSPS) is 28.8. The Hall–Kier alpha value is -0.710. The highest BCUT2D eigenvalue weighted by Crippen LogP contribution is 2.33. The fourth-order valence-electron chi connectivity index (χ4n) is 2.36. The fraction of sp³-hybridized carbons (Fsp3) is 0.846. The smallest absolute Gasteiger partial charge is 0.315 e. The maximum absolute atomic E-state index is 11.1. The van der Waals surface area contributed by atoms with Crippen LogP contribution in [-0.2, 0) is 4.79 Å². The summed E-state index contributed by atoms with van der Waals surface area (Å²) < 4.78 is 0. The number of rotatable bonds is 5. The lowest BCUT2D eigenvalue weighted by atomic mass is 10.0. The van der Waals surface area contributed by atoms with Crippen molar-refractivity contribution in [2.24, 2.45) is 0 Å². The van der Waals surface area contributed by atoms with Gasteiger partial charge < -0.3 is 15.4 Å². The minimum atomic E-state index is -0.0240. The molecule has 2 saturated heterocycles. The van der Waals surface area contributed by atoms with Gasteiger partial charge in [0.2, 0.25) is 0 Å². The summed E-state index contributed by atoms with van der Waals surface area (Å²) in [7, 11) is 0. The number of thioether (sulfide) groups is 1. The first-order chi connectivity index (χ1) is 8.66. The summed E-state index contributed by atoms with van der Waals surface area (Å²) in [5.41, 5.74) is 0. The number of hydrogen-bond donors (Lipinski definition) is 2. The monoisotopic (exact) mass is 272 g/mol. The average molecular weight is 272 g/mol. The molecular weight excluding hydrogens is 248 g/mol. The van der Waals surface area contributed by atoms with Crippen molar-refractivity contribution in [3.63, 3.8) is 0 Å². The first-order valence-electron chi connectivity index (χ1n) is 6.85. The van der Waals surface area contributed by atoms with Crippen LogP contribution in [0.15, 0.2) is 0 Å². The second-order valence-electron chi connectivity index (χ2n) is 4.57. The second-order valence-corrected chi connectivity index (χ2v) is 5.84. The lowest BCUT2D eigenvalue weighted by Gasteiger charge is -2.16. The quantitative estimate of drug-likeness (QED) is 0.596. The Morgan fingerprint density at radius 1 is 1.33 bits per heavy atom. The number of carbonyl (C=O) groups is 2. The molecule has 2 aliphatic rings. The van der Waals surface area contributed by atoms with E-state index in [2.05, 4.69) is 10.6 Å². The average Bonchev–Trinajstić information content (AvgIpc) is 2.87. The van der Waals surface area contributed by atoms with Crippen LogP contribution >= 0.6 is 11.8 Å². The van der Waals surface area contributed by atoms with E-state index < -0.39 is 0 Å². The Morgan fingerprint density at radius 3 is 2.72 bits per heavy atom. The largest absolute Gasteiger partial charge is 0.332 e. The zero-order valence-corrected chi connectivity index (χ0v) is 12.3. The number of carbonyl (C=O) groups excluding carboxylic acids is 2. The van der Waals surface area contributed by atoms with Crippen LogP contribution in [0.2, 0.25) is 0 Å². The first-order valence-corrected chi connectivity index (χ1v) is 7.90. The standard InChI is InChI=1S/C11H18N2O2S.C2H6/c1-7(14)4-2-3-5-9-10-8(6-16-9)12-11(15)13-10;1-2/h8-10H,2-6H2,1H3,(H2,12,13,15);1-2H3/t8?,9?,10-;/m0./s1. The number of urea groups is 1.